The van der Waals surface area contributed by atoms with Gasteiger partial charge in [0.15, 0.2) is 9.84 Å². The Morgan fingerprint density at radius 1 is 1.09 bits per heavy atom. The molecular weight excluding hydrogens is 430 g/mol. The summed E-state index contributed by atoms with van der Waals surface area (Å²) in [4.78, 5) is 11.6. The van der Waals surface area contributed by atoms with Crippen LogP contribution in [0.5, 0.6) is 5.75 Å². The molecule has 0 fully saturated rings. The van der Waals surface area contributed by atoms with Crippen molar-refractivity contribution in [3.63, 3.8) is 0 Å². The van der Waals surface area contributed by atoms with Crippen LogP contribution in [0.1, 0.15) is 49.8 Å². The summed E-state index contributed by atoms with van der Waals surface area (Å²) in [5.41, 5.74) is 3.10. The van der Waals surface area contributed by atoms with Crippen LogP contribution in [0.25, 0.3) is 11.1 Å². The molecule has 0 radical (unpaired) electrons. The lowest BCUT2D eigenvalue weighted by molar-refractivity contribution is -0.118. The molecule has 0 aromatic heterocycles. The number of hydrogen-bond acceptors (Lipinski definition) is 6. The van der Waals surface area contributed by atoms with Crippen molar-refractivity contribution in [2.45, 2.75) is 44.5 Å². The molecule has 0 saturated carbocycles. The van der Waals surface area contributed by atoms with Crippen LogP contribution in [0.3, 0.4) is 0 Å². The first-order valence-electron chi connectivity index (χ1n) is 10.8. The van der Waals surface area contributed by atoms with Crippen LogP contribution in [0.4, 0.5) is 0 Å². The first-order chi connectivity index (χ1) is 15.3. The van der Waals surface area contributed by atoms with E-state index in [1.54, 1.807) is 19.2 Å². The van der Waals surface area contributed by atoms with E-state index in [2.05, 4.69) is 12.2 Å². The van der Waals surface area contributed by atoms with Gasteiger partial charge in [-0.2, -0.15) is 0 Å². The minimum absolute atomic E-state index is 0.0280. The summed E-state index contributed by atoms with van der Waals surface area (Å²) in [6.45, 7) is 1.91. The van der Waals surface area contributed by atoms with Crippen LogP contribution in [-0.2, 0) is 20.4 Å². The van der Waals surface area contributed by atoms with E-state index in [9.17, 15) is 18.3 Å². The third kappa shape index (κ3) is 7.93. The molecule has 0 spiro atoms. The molecule has 7 nitrogen and oxygen atoms in total. The fraction of sp³-hybridized carbons (Fsp3) is 0.458. The van der Waals surface area contributed by atoms with Crippen molar-refractivity contribution >= 4 is 15.7 Å². The van der Waals surface area contributed by atoms with Gasteiger partial charge in [-0.25, -0.2) is 8.42 Å². The molecule has 2 aromatic carbocycles. The predicted octanol–water partition coefficient (Wildman–Crippen LogP) is 3.00. The van der Waals surface area contributed by atoms with E-state index in [0.717, 1.165) is 36.0 Å². The largest absolute Gasteiger partial charge is 0.496 e. The fourth-order valence-corrected chi connectivity index (χ4v) is 4.77. The first-order valence-corrected chi connectivity index (χ1v) is 12.6. The lowest BCUT2D eigenvalue weighted by Gasteiger charge is -2.16. The lowest BCUT2D eigenvalue weighted by atomic mass is 9.96. The van der Waals surface area contributed by atoms with E-state index in [4.69, 9.17) is 9.84 Å². The molecule has 0 aliphatic heterocycles. The second-order valence-electron chi connectivity index (χ2n) is 7.77. The number of unbranched alkanes of at least 4 members (excludes halogenated alkanes) is 2. The zero-order valence-corrected chi connectivity index (χ0v) is 19.5. The van der Waals surface area contributed by atoms with E-state index in [1.165, 1.54) is 0 Å². The van der Waals surface area contributed by atoms with Crippen LogP contribution in [0.15, 0.2) is 42.5 Å². The molecule has 1 amide bonds. The van der Waals surface area contributed by atoms with E-state index < -0.39 is 27.6 Å². The summed E-state index contributed by atoms with van der Waals surface area (Å²) in [6.07, 6.45) is 3.13. The third-order valence-electron chi connectivity index (χ3n) is 5.13. The summed E-state index contributed by atoms with van der Waals surface area (Å²) in [5, 5.41) is 21.7. The first kappa shape index (κ1) is 25.8. The number of rotatable bonds is 13. The van der Waals surface area contributed by atoms with Crippen molar-refractivity contribution in [2.75, 3.05) is 26.0 Å². The quantitative estimate of drug-likeness (QED) is 0.394. The Bertz CT molecular complexity index is 972. The molecule has 2 rings (SSSR count). The normalized spacial score (nSPS) is 12.4. The number of hydrogen-bond donors (Lipinski definition) is 3. The number of carbonyl (C=O) groups is 1. The van der Waals surface area contributed by atoms with Gasteiger partial charge in [0, 0.05) is 12.1 Å². The molecular formula is C24H33NO6S. The van der Waals surface area contributed by atoms with Gasteiger partial charge in [-0.1, -0.05) is 56.5 Å². The molecule has 0 heterocycles. The molecule has 0 bridgehead atoms. The zero-order chi connectivity index (χ0) is 23.6. The molecule has 0 aliphatic rings. The number of sulfone groups is 1. The standard InChI is InChI=1S/C24H33NO6S/c1-3-4-5-6-22(27)21-15-20(11-12-23(21)31-2)19-9-7-18(8-10-19)16-32(29,30)17-24(28)25-13-14-26/h7-12,15,22,26-27H,3-6,13-14,16-17H2,1-2H3,(H,25,28). The highest BCUT2D eigenvalue weighted by Crippen LogP contribution is 2.33. The number of carbonyl (C=O) groups excluding carboxylic acids is 1. The molecule has 1 atom stereocenters. The van der Waals surface area contributed by atoms with Crippen molar-refractivity contribution in [3.8, 4) is 16.9 Å². The lowest BCUT2D eigenvalue weighted by Crippen LogP contribution is -2.32. The highest BCUT2D eigenvalue weighted by molar-refractivity contribution is 7.91. The summed E-state index contributed by atoms with van der Waals surface area (Å²) < 4.78 is 29.9. The van der Waals surface area contributed by atoms with Gasteiger partial charge in [-0.3, -0.25) is 4.79 Å². The van der Waals surface area contributed by atoms with Crippen LogP contribution in [0, 0.1) is 0 Å². The van der Waals surface area contributed by atoms with Crippen molar-refractivity contribution in [3.05, 3.63) is 53.6 Å². The van der Waals surface area contributed by atoms with Gasteiger partial charge < -0.3 is 20.3 Å². The molecule has 8 heteroatoms. The second kappa shape index (κ2) is 12.6. The van der Waals surface area contributed by atoms with E-state index in [-0.39, 0.29) is 18.9 Å². The third-order valence-corrected chi connectivity index (χ3v) is 6.60. The molecule has 1 unspecified atom stereocenters. The Hall–Kier alpha value is -2.42. The Morgan fingerprint density at radius 3 is 2.41 bits per heavy atom. The topological polar surface area (TPSA) is 113 Å². The average molecular weight is 464 g/mol. The monoisotopic (exact) mass is 463 g/mol. The minimum atomic E-state index is -3.62. The van der Waals surface area contributed by atoms with Crippen molar-refractivity contribution in [1.82, 2.24) is 5.32 Å². The maximum Gasteiger partial charge on any atom is 0.235 e. The maximum atomic E-state index is 12.3. The van der Waals surface area contributed by atoms with Gasteiger partial charge in [-0.15, -0.1) is 0 Å². The highest BCUT2D eigenvalue weighted by Gasteiger charge is 2.18. The Morgan fingerprint density at radius 2 is 1.78 bits per heavy atom. The number of methoxy groups -OCH3 is 1. The van der Waals surface area contributed by atoms with Crippen molar-refractivity contribution in [2.24, 2.45) is 0 Å². The number of nitrogens with one attached hydrogen (secondary N) is 1. The fourth-order valence-electron chi connectivity index (χ4n) is 3.46. The number of amides is 1. The molecule has 2 aromatic rings. The van der Waals surface area contributed by atoms with Gasteiger partial charge >= 0.3 is 0 Å². The van der Waals surface area contributed by atoms with Crippen LogP contribution < -0.4 is 10.1 Å². The van der Waals surface area contributed by atoms with E-state index in [0.29, 0.717) is 17.7 Å². The number of ether oxygens (including phenoxy) is 1. The van der Waals surface area contributed by atoms with Gasteiger partial charge in [-0.05, 0) is 35.2 Å². The van der Waals surface area contributed by atoms with E-state index in [1.807, 2.05) is 30.3 Å². The van der Waals surface area contributed by atoms with Crippen LogP contribution in [-0.4, -0.2) is 50.6 Å². The summed E-state index contributed by atoms with van der Waals surface area (Å²) in [5.74, 6) is -0.852. The van der Waals surface area contributed by atoms with Gasteiger partial charge in [0.25, 0.3) is 0 Å². The Labute approximate surface area is 190 Å². The minimum Gasteiger partial charge on any atom is -0.496 e. The Balaban J connectivity index is 2.13. The summed E-state index contributed by atoms with van der Waals surface area (Å²) >= 11 is 0. The van der Waals surface area contributed by atoms with E-state index >= 15 is 0 Å². The smallest absolute Gasteiger partial charge is 0.235 e. The maximum absolute atomic E-state index is 12.3. The number of aliphatic hydroxyl groups excluding tert-OH is 2. The van der Waals surface area contributed by atoms with Gasteiger partial charge in [0.05, 0.1) is 25.6 Å². The molecule has 0 aliphatic carbocycles. The average Bonchev–Trinajstić information content (AvgIpc) is 2.77. The highest BCUT2D eigenvalue weighted by atomic mass is 32.2. The van der Waals surface area contributed by atoms with Crippen molar-refractivity contribution < 1.29 is 28.2 Å². The van der Waals surface area contributed by atoms with Crippen LogP contribution >= 0.6 is 0 Å². The predicted molar refractivity (Wildman–Crippen MR) is 125 cm³/mol. The molecule has 3 N–H and O–H groups in total. The Kier molecular flexibility index (Phi) is 10.2. The number of benzene rings is 2. The van der Waals surface area contributed by atoms with Crippen molar-refractivity contribution in [1.29, 1.82) is 0 Å². The molecule has 32 heavy (non-hydrogen) atoms. The molecule has 0 saturated heterocycles. The van der Waals surface area contributed by atoms with Gasteiger partial charge in [0.2, 0.25) is 5.91 Å². The molecule has 176 valence electrons. The zero-order valence-electron chi connectivity index (χ0n) is 18.7. The SMILES string of the molecule is CCCCCC(O)c1cc(-c2ccc(CS(=O)(=O)CC(=O)NCCO)cc2)ccc1OC. The van der Waals surface area contributed by atoms with Crippen LogP contribution in [0.2, 0.25) is 0 Å². The number of aliphatic hydroxyl groups is 2. The van der Waals surface area contributed by atoms with Gasteiger partial charge in [0.1, 0.15) is 11.5 Å². The summed E-state index contributed by atoms with van der Waals surface area (Å²) in [6, 6.07) is 12.7. The summed E-state index contributed by atoms with van der Waals surface area (Å²) in [7, 11) is -2.04. The second-order valence-corrected chi connectivity index (χ2v) is 9.84.